The van der Waals surface area contributed by atoms with Gasteiger partial charge in [-0.1, -0.05) is 42.5 Å². The van der Waals surface area contributed by atoms with Crippen molar-refractivity contribution in [2.45, 2.75) is 25.7 Å². The van der Waals surface area contributed by atoms with Gasteiger partial charge in [-0.15, -0.1) is 0 Å². The molecule has 1 aromatic carbocycles. The van der Waals surface area contributed by atoms with E-state index in [2.05, 4.69) is 6.58 Å². The van der Waals surface area contributed by atoms with E-state index in [0.717, 1.165) is 24.2 Å². The van der Waals surface area contributed by atoms with Crippen molar-refractivity contribution in [2.24, 2.45) is 0 Å². The van der Waals surface area contributed by atoms with Gasteiger partial charge in [0.15, 0.2) is 6.29 Å². The lowest BCUT2D eigenvalue weighted by molar-refractivity contribution is -0.207. The third kappa shape index (κ3) is 2.46. The summed E-state index contributed by atoms with van der Waals surface area (Å²) in [6.45, 7) is 6.66. The van der Waals surface area contributed by atoms with Crippen LogP contribution in [0.2, 0.25) is 0 Å². The third-order valence-corrected chi connectivity index (χ3v) is 2.56. The van der Waals surface area contributed by atoms with Crippen LogP contribution in [-0.4, -0.2) is 12.7 Å². The molecule has 2 rings (SSSR count). The minimum Gasteiger partial charge on any atom is -0.348 e. The summed E-state index contributed by atoms with van der Waals surface area (Å²) >= 11 is 0. The molecule has 0 bridgehead atoms. The van der Waals surface area contributed by atoms with E-state index in [0.29, 0.717) is 0 Å². The van der Waals surface area contributed by atoms with E-state index in [1.54, 1.807) is 0 Å². The van der Waals surface area contributed by atoms with Crippen molar-refractivity contribution < 1.29 is 9.47 Å². The van der Waals surface area contributed by atoms with Crippen LogP contribution in [0, 0.1) is 0 Å². The van der Waals surface area contributed by atoms with E-state index in [4.69, 9.17) is 9.47 Å². The number of benzene rings is 1. The van der Waals surface area contributed by atoms with Gasteiger partial charge in [0.25, 0.3) is 0 Å². The van der Waals surface area contributed by atoms with Crippen molar-refractivity contribution in [3.05, 3.63) is 48.0 Å². The Balaban J connectivity index is 2.08. The molecular formula is C13H16O2. The summed E-state index contributed by atoms with van der Waals surface area (Å²) in [5.41, 5.74) is 2.14. The molecule has 1 saturated heterocycles. The number of ether oxygens (including phenoxy) is 2. The van der Waals surface area contributed by atoms with Gasteiger partial charge in [0.2, 0.25) is 0 Å². The molecule has 1 aromatic rings. The Morgan fingerprint density at radius 1 is 1.33 bits per heavy atom. The summed E-state index contributed by atoms with van der Waals surface area (Å²) in [5.74, 6) is 0. The molecular weight excluding hydrogens is 188 g/mol. The summed E-state index contributed by atoms with van der Waals surface area (Å²) in [4.78, 5) is 0. The van der Waals surface area contributed by atoms with E-state index < -0.39 is 0 Å². The van der Waals surface area contributed by atoms with Gasteiger partial charge in [0, 0.05) is 12.0 Å². The Labute approximate surface area is 90.5 Å². The normalized spacial score (nSPS) is 26.2. The largest absolute Gasteiger partial charge is 0.348 e. The highest BCUT2D eigenvalue weighted by Gasteiger charge is 2.24. The molecule has 1 aliphatic rings. The molecule has 2 atom stereocenters. The van der Waals surface area contributed by atoms with Crippen molar-refractivity contribution in [2.75, 3.05) is 6.61 Å². The Hall–Kier alpha value is -1.12. The van der Waals surface area contributed by atoms with Crippen LogP contribution in [0.4, 0.5) is 0 Å². The second kappa shape index (κ2) is 4.60. The highest BCUT2D eigenvalue weighted by atomic mass is 16.7. The molecule has 0 aliphatic carbocycles. The van der Waals surface area contributed by atoms with Gasteiger partial charge in [-0.3, -0.25) is 0 Å². The molecule has 0 aromatic heterocycles. The molecule has 0 N–H and O–H groups in total. The molecule has 1 fully saturated rings. The number of hydrogen-bond acceptors (Lipinski definition) is 2. The molecule has 0 unspecified atom stereocenters. The lowest BCUT2D eigenvalue weighted by atomic mass is 10.1. The first-order valence-corrected chi connectivity index (χ1v) is 5.25. The molecule has 15 heavy (non-hydrogen) atoms. The van der Waals surface area contributed by atoms with Crippen LogP contribution < -0.4 is 0 Å². The lowest BCUT2D eigenvalue weighted by Crippen LogP contribution is -2.27. The van der Waals surface area contributed by atoms with Crippen LogP contribution >= 0.6 is 0 Å². The molecule has 0 spiro atoms. The first kappa shape index (κ1) is 10.4. The van der Waals surface area contributed by atoms with Crippen LogP contribution in [-0.2, 0) is 9.47 Å². The summed E-state index contributed by atoms with van der Waals surface area (Å²) < 4.78 is 11.4. The van der Waals surface area contributed by atoms with Crippen LogP contribution in [0.15, 0.2) is 42.5 Å². The molecule has 2 nitrogen and oxygen atoms in total. The minimum atomic E-state index is -0.235. The zero-order chi connectivity index (χ0) is 10.7. The van der Waals surface area contributed by atoms with Gasteiger partial charge >= 0.3 is 0 Å². The van der Waals surface area contributed by atoms with E-state index >= 15 is 0 Å². The summed E-state index contributed by atoms with van der Waals surface area (Å²) in [6.07, 6.45) is 0.796. The zero-order valence-corrected chi connectivity index (χ0v) is 8.98. The lowest BCUT2D eigenvalue weighted by Gasteiger charge is -2.30. The Morgan fingerprint density at radius 3 is 2.73 bits per heavy atom. The van der Waals surface area contributed by atoms with Gasteiger partial charge in [-0.2, -0.15) is 0 Å². The van der Waals surface area contributed by atoms with Crippen molar-refractivity contribution in [3.63, 3.8) is 0 Å². The van der Waals surface area contributed by atoms with Gasteiger partial charge in [0.1, 0.15) is 0 Å². The monoisotopic (exact) mass is 204 g/mol. The maximum Gasteiger partial charge on any atom is 0.184 e. The average Bonchev–Trinajstić information content (AvgIpc) is 2.30. The van der Waals surface area contributed by atoms with E-state index in [1.807, 2.05) is 37.3 Å². The Kier molecular flexibility index (Phi) is 3.19. The highest BCUT2D eigenvalue weighted by Crippen LogP contribution is 2.28. The van der Waals surface area contributed by atoms with Crippen molar-refractivity contribution in [3.8, 4) is 0 Å². The second-order valence-electron chi connectivity index (χ2n) is 3.87. The molecule has 0 radical (unpaired) electrons. The standard InChI is InChI=1S/C13H16O2/c1-10(2)12-8-9-14-13(15-12)11-6-4-3-5-7-11/h3-7,12-13H,1,8-9H2,2H3/t12-,13-/m0/s1. The molecule has 80 valence electrons. The van der Waals surface area contributed by atoms with Gasteiger partial charge in [-0.25, -0.2) is 0 Å². The highest BCUT2D eigenvalue weighted by molar-refractivity contribution is 5.16. The second-order valence-corrected chi connectivity index (χ2v) is 3.87. The fourth-order valence-electron chi connectivity index (χ4n) is 1.69. The Morgan fingerprint density at radius 2 is 2.07 bits per heavy atom. The SMILES string of the molecule is C=C(C)[C@@H]1CCO[C@H](c2ccccc2)O1. The first-order valence-electron chi connectivity index (χ1n) is 5.25. The molecule has 0 saturated carbocycles. The summed E-state index contributed by atoms with van der Waals surface area (Å²) in [7, 11) is 0. The molecule has 2 heteroatoms. The van der Waals surface area contributed by atoms with Crippen LogP contribution in [0.3, 0.4) is 0 Å². The molecule has 1 heterocycles. The predicted octanol–water partition coefficient (Wildman–Crippen LogP) is 3.07. The van der Waals surface area contributed by atoms with Crippen molar-refractivity contribution in [1.82, 2.24) is 0 Å². The van der Waals surface area contributed by atoms with E-state index in [9.17, 15) is 0 Å². The topological polar surface area (TPSA) is 18.5 Å². The molecule has 0 amide bonds. The van der Waals surface area contributed by atoms with Crippen molar-refractivity contribution >= 4 is 0 Å². The smallest absolute Gasteiger partial charge is 0.184 e. The minimum absolute atomic E-state index is 0.129. The predicted molar refractivity (Wildman–Crippen MR) is 59.4 cm³/mol. The van der Waals surface area contributed by atoms with Gasteiger partial charge in [0.05, 0.1) is 12.7 Å². The van der Waals surface area contributed by atoms with E-state index in [-0.39, 0.29) is 12.4 Å². The third-order valence-electron chi connectivity index (χ3n) is 2.56. The number of hydrogen-bond donors (Lipinski definition) is 0. The fourth-order valence-corrected chi connectivity index (χ4v) is 1.69. The maximum absolute atomic E-state index is 5.81. The quantitative estimate of drug-likeness (QED) is 0.689. The molecule has 1 aliphatic heterocycles. The summed E-state index contributed by atoms with van der Waals surface area (Å²) in [5, 5.41) is 0. The number of rotatable bonds is 2. The van der Waals surface area contributed by atoms with Crippen LogP contribution in [0.5, 0.6) is 0 Å². The van der Waals surface area contributed by atoms with Crippen LogP contribution in [0.25, 0.3) is 0 Å². The van der Waals surface area contributed by atoms with Gasteiger partial charge < -0.3 is 9.47 Å². The van der Waals surface area contributed by atoms with Gasteiger partial charge in [-0.05, 0) is 6.92 Å². The first-order chi connectivity index (χ1) is 7.27. The average molecular weight is 204 g/mol. The summed E-state index contributed by atoms with van der Waals surface area (Å²) in [6, 6.07) is 10.0. The maximum atomic E-state index is 5.81. The van der Waals surface area contributed by atoms with E-state index in [1.165, 1.54) is 0 Å². The van der Waals surface area contributed by atoms with Crippen molar-refractivity contribution in [1.29, 1.82) is 0 Å². The van der Waals surface area contributed by atoms with Crippen LogP contribution in [0.1, 0.15) is 25.2 Å². The fraction of sp³-hybridized carbons (Fsp3) is 0.385. The zero-order valence-electron chi connectivity index (χ0n) is 8.98. The Bertz CT molecular complexity index is 332.